The highest BCUT2D eigenvalue weighted by Gasteiger charge is 2.23. The highest BCUT2D eigenvalue weighted by atomic mass is 79.9. The van der Waals surface area contributed by atoms with Crippen LogP contribution in [0.15, 0.2) is 53.0 Å². The molecule has 1 saturated heterocycles. The predicted molar refractivity (Wildman–Crippen MR) is 120 cm³/mol. The number of fused-ring (bicyclic) bond motifs is 1. The number of likely N-dealkylation sites (tertiary alicyclic amines) is 1. The Labute approximate surface area is 184 Å². The fourth-order valence-corrected chi connectivity index (χ4v) is 4.34. The zero-order valence-electron chi connectivity index (χ0n) is 17.0. The summed E-state index contributed by atoms with van der Waals surface area (Å²) in [4.78, 5) is 32.4. The largest absolute Gasteiger partial charge is 0.342 e. The van der Waals surface area contributed by atoms with Gasteiger partial charge < -0.3 is 14.8 Å². The van der Waals surface area contributed by atoms with E-state index in [2.05, 4.69) is 21.2 Å². The molecule has 1 N–H and O–H groups in total. The number of benzene rings is 2. The lowest BCUT2D eigenvalue weighted by Crippen LogP contribution is -2.38. The van der Waals surface area contributed by atoms with Crippen LogP contribution in [0, 0.1) is 0 Å². The number of imidazole rings is 1. The number of rotatable bonds is 5. The van der Waals surface area contributed by atoms with Gasteiger partial charge in [0.15, 0.2) is 0 Å². The summed E-state index contributed by atoms with van der Waals surface area (Å²) in [7, 11) is 0. The SMILES string of the molecule is CC(NC(=O)c1cccc(Br)c1)c1nc2ccccc2n1CC(=O)N1CCCCC1. The first kappa shape index (κ1) is 20.6. The highest BCUT2D eigenvalue weighted by molar-refractivity contribution is 9.10. The first-order valence-electron chi connectivity index (χ1n) is 10.3. The zero-order chi connectivity index (χ0) is 21.1. The summed E-state index contributed by atoms with van der Waals surface area (Å²) in [5.41, 5.74) is 2.30. The van der Waals surface area contributed by atoms with E-state index in [0.717, 1.165) is 41.4 Å². The minimum atomic E-state index is -0.349. The number of piperidine rings is 1. The van der Waals surface area contributed by atoms with E-state index in [9.17, 15) is 9.59 Å². The van der Waals surface area contributed by atoms with Gasteiger partial charge in [0.2, 0.25) is 5.91 Å². The van der Waals surface area contributed by atoms with Gasteiger partial charge in [-0.3, -0.25) is 9.59 Å². The number of halogens is 1. The summed E-state index contributed by atoms with van der Waals surface area (Å²) in [6.45, 7) is 3.76. The Morgan fingerprint density at radius 3 is 2.63 bits per heavy atom. The normalized spacial score (nSPS) is 15.2. The minimum Gasteiger partial charge on any atom is -0.342 e. The molecule has 7 heteroatoms. The minimum absolute atomic E-state index is 0.101. The Morgan fingerprint density at radius 1 is 1.10 bits per heavy atom. The van der Waals surface area contributed by atoms with Crippen LogP contribution < -0.4 is 5.32 Å². The topological polar surface area (TPSA) is 67.2 Å². The Balaban J connectivity index is 1.60. The predicted octanol–water partition coefficient (Wildman–Crippen LogP) is 4.30. The molecule has 1 unspecified atom stereocenters. The number of nitrogens with one attached hydrogen (secondary N) is 1. The molecule has 4 rings (SSSR count). The summed E-state index contributed by atoms with van der Waals surface area (Å²) in [6, 6.07) is 14.7. The average molecular weight is 469 g/mol. The lowest BCUT2D eigenvalue weighted by molar-refractivity contribution is -0.132. The van der Waals surface area contributed by atoms with Crippen LogP contribution in [0.25, 0.3) is 11.0 Å². The lowest BCUT2D eigenvalue weighted by atomic mass is 10.1. The highest BCUT2D eigenvalue weighted by Crippen LogP contribution is 2.22. The quantitative estimate of drug-likeness (QED) is 0.606. The van der Waals surface area contributed by atoms with Gasteiger partial charge in [0, 0.05) is 23.1 Å². The van der Waals surface area contributed by atoms with Crippen LogP contribution in [0.3, 0.4) is 0 Å². The molecule has 3 aromatic rings. The number of hydrogen-bond acceptors (Lipinski definition) is 3. The Kier molecular flexibility index (Phi) is 6.18. The smallest absolute Gasteiger partial charge is 0.251 e. The summed E-state index contributed by atoms with van der Waals surface area (Å²) < 4.78 is 2.79. The molecule has 0 radical (unpaired) electrons. The van der Waals surface area contributed by atoms with Crippen molar-refractivity contribution >= 4 is 38.8 Å². The van der Waals surface area contributed by atoms with E-state index in [4.69, 9.17) is 4.98 Å². The molecule has 1 aromatic heterocycles. The first-order valence-corrected chi connectivity index (χ1v) is 11.1. The molecule has 1 fully saturated rings. The fraction of sp³-hybridized carbons (Fsp3) is 0.348. The number of aromatic nitrogens is 2. The number of carbonyl (C=O) groups is 2. The molecule has 1 atom stereocenters. The molecule has 2 amide bonds. The molecular formula is C23H25BrN4O2. The van der Waals surface area contributed by atoms with Crippen molar-refractivity contribution in [1.82, 2.24) is 19.8 Å². The second-order valence-corrected chi connectivity index (χ2v) is 8.61. The summed E-state index contributed by atoms with van der Waals surface area (Å²) in [5.74, 6) is 0.610. The van der Waals surface area contributed by atoms with Gasteiger partial charge in [-0.2, -0.15) is 0 Å². The molecule has 156 valence electrons. The van der Waals surface area contributed by atoms with E-state index >= 15 is 0 Å². The van der Waals surface area contributed by atoms with E-state index in [1.807, 2.05) is 52.8 Å². The van der Waals surface area contributed by atoms with Gasteiger partial charge in [0.1, 0.15) is 12.4 Å². The number of hydrogen-bond donors (Lipinski definition) is 1. The van der Waals surface area contributed by atoms with Crippen molar-refractivity contribution in [2.75, 3.05) is 13.1 Å². The number of nitrogens with zero attached hydrogens (tertiary/aromatic N) is 3. The van der Waals surface area contributed by atoms with E-state index < -0.39 is 0 Å². The summed E-state index contributed by atoms with van der Waals surface area (Å²) in [6.07, 6.45) is 3.30. The third-order valence-corrected chi connectivity index (χ3v) is 6.00. The monoisotopic (exact) mass is 468 g/mol. The van der Waals surface area contributed by atoms with Gasteiger partial charge in [-0.05, 0) is 56.5 Å². The van der Waals surface area contributed by atoms with Crippen molar-refractivity contribution in [1.29, 1.82) is 0 Å². The number of para-hydroxylation sites is 2. The van der Waals surface area contributed by atoms with Crippen molar-refractivity contribution in [3.05, 3.63) is 64.4 Å². The van der Waals surface area contributed by atoms with E-state index in [1.54, 1.807) is 12.1 Å². The fourth-order valence-electron chi connectivity index (χ4n) is 3.94. The average Bonchev–Trinajstić information content (AvgIpc) is 3.13. The Hall–Kier alpha value is -2.67. The zero-order valence-corrected chi connectivity index (χ0v) is 18.6. The second kappa shape index (κ2) is 9.00. The van der Waals surface area contributed by atoms with Gasteiger partial charge in [-0.15, -0.1) is 0 Å². The maximum atomic E-state index is 12.9. The van der Waals surface area contributed by atoms with Crippen LogP contribution in [-0.4, -0.2) is 39.4 Å². The van der Waals surface area contributed by atoms with Crippen LogP contribution in [0.1, 0.15) is 48.4 Å². The van der Waals surface area contributed by atoms with E-state index in [0.29, 0.717) is 11.4 Å². The van der Waals surface area contributed by atoms with Gasteiger partial charge in [-0.25, -0.2) is 4.98 Å². The van der Waals surface area contributed by atoms with Crippen molar-refractivity contribution in [2.45, 2.75) is 38.8 Å². The van der Waals surface area contributed by atoms with Crippen LogP contribution in [0.5, 0.6) is 0 Å². The van der Waals surface area contributed by atoms with Crippen LogP contribution in [0.4, 0.5) is 0 Å². The maximum absolute atomic E-state index is 12.9. The molecule has 0 aliphatic carbocycles. The molecule has 0 bridgehead atoms. The van der Waals surface area contributed by atoms with Gasteiger partial charge in [-0.1, -0.05) is 34.1 Å². The maximum Gasteiger partial charge on any atom is 0.251 e. The summed E-state index contributed by atoms with van der Waals surface area (Å²) >= 11 is 3.40. The molecule has 1 aliphatic rings. The molecule has 1 aliphatic heterocycles. The molecule has 0 spiro atoms. The van der Waals surface area contributed by atoms with Crippen molar-refractivity contribution < 1.29 is 9.59 Å². The number of carbonyl (C=O) groups excluding carboxylic acids is 2. The number of amides is 2. The molecule has 0 saturated carbocycles. The Morgan fingerprint density at radius 2 is 1.87 bits per heavy atom. The first-order chi connectivity index (χ1) is 14.5. The van der Waals surface area contributed by atoms with Gasteiger partial charge >= 0.3 is 0 Å². The second-order valence-electron chi connectivity index (χ2n) is 7.69. The summed E-state index contributed by atoms with van der Waals surface area (Å²) in [5, 5.41) is 3.03. The van der Waals surface area contributed by atoms with Gasteiger partial charge in [0.05, 0.1) is 17.1 Å². The standard InChI is InChI=1S/C23H25BrN4O2/c1-16(25-23(30)17-8-7-9-18(24)14-17)22-26-19-10-3-4-11-20(19)28(22)15-21(29)27-12-5-2-6-13-27/h3-4,7-11,14,16H,2,5-6,12-13,15H2,1H3,(H,25,30). The van der Waals surface area contributed by atoms with E-state index in [-0.39, 0.29) is 24.4 Å². The molecule has 6 nitrogen and oxygen atoms in total. The van der Waals surface area contributed by atoms with Crippen molar-refractivity contribution in [3.63, 3.8) is 0 Å². The van der Waals surface area contributed by atoms with Crippen molar-refractivity contribution in [2.24, 2.45) is 0 Å². The molecular weight excluding hydrogens is 444 g/mol. The van der Waals surface area contributed by atoms with Gasteiger partial charge in [0.25, 0.3) is 5.91 Å². The van der Waals surface area contributed by atoms with Crippen LogP contribution in [0.2, 0.25) is 0 Å². The molecule has 2 aromatic carbocycles. The molecule has 30 heavy (non-hydrogen) atoms. The third-order valence-electron chi connectivity index (χ3n) is 5.51. The van der Waals surface area contributed by atoms with E-state index in [1.165, 1.54) is 6.42 Å². The third kappa shape index (κ3) is 4.41. The van der Waals surface area contributed by atoms with Crippen LogP contribution in [-0.2, 0) is 11.3 Å². The molecule has 2 heterocycles. The van der Waals surface area contributed by atoms with Crippen LogP contribution >= 0.6 is 15.9 Å². The lowest BCUT2D eigenvalue weighted by Gasteiger charge is -2.27. The Bertz CT molecular complexity index is 1070. The van der Waals surface area contributed by atoms with Crippen molar-refractivity contribution in [3.8, 4) is 0 Å².